The van der Waals surface area contributed by atoms with E-state index in [2.05, 4.69) is 19.6 Å². The average Bonchev–Trinajstić information content (AvgIpc) is 2.17. The number of rotatable bonds is 3. The molecule has 1 rings (SSSR count). The smallest absolute Gasteiger partial charge is 0.333 e. The van der Waals surface area contributed by atoms with E-state index in [1.165, 1.54) is 18.4 Å². The van der Waals surface area contributed by atoms with Crippen LogP contribution in [0.3, 0.4) is 0 Å². The van der Waals surface area contributed by atoms with Gasteiger partial charge in [0.25, 0.3) is 0 Å². The molecule has 0 amide bonds. The van der Waals surface area contributed by atoms with Gasteiger partial charge in [-0.1, -0.05) is 18.2 Å². The van der Waals surface area contributed by atoms with E-state index in [9.17, 15) is 4.79 Å². The Hall–Kier alpha value is -1.05. The zero-order valence-electron chi connectivity index (χ0n) is 10.8. The van der Waals surface area contributed by atoms with Crippen LogP contribution in [0.4, 0.5) is 0 Å². The molecule has 0 bridgehead atoms. The number of allylic oxidation sites excluding steroid dienone is 1. The maximum atomic E-state index is 11.5. The Balaban J connectivity index is 2.73. The van der Waals surface area contributed by atoms with Gasteiger partial charge in [0.1, 0.15) is 5.60 Å². The molecule has 16 heavy (non-hydrogen) atoms. The molecule has 0 spiro atoms. The van der Waals surface area contributed by atoms with Gasteiger partial charge >= 0.3 is 5.97 Å². The lowest BCUT2D eigenvalue weighted by atomic mass is 9.81. The molecule has 0 fully saturated rings. The summed E-state index contributed by atoms with van der Waals surface area (Å²) < 4.78 is 5.50. The quantitative estimate of drug-likeness (QED) is 0.414. The summed E-state index contributed by atoms with van der Waals surface area (Å²) >= 11 is 0. The highest BCUT2D eigenvalue weighted by Gasteiger charge is 2.33. The van der Waals surface area contributed by atoms with Crippen molar-refractivity contribution in [1.82, 2.24) is 0 Å². The second kappa shape index (κ2) is 4.86. The molecule has 0 N–H and O–H groups in total. The molecule has 2 nitrogen and oxygen atoms in total. The van der Waals surface area contributed by atoms with Gasteiger partial charge in [0.2, 0.25) is 0 Å². The molecule has 0 aliphatic heterocycles. The minimum Gasteiger partial charge on any atom is -0.456 e. The number of carbonyl (C=O) groups is 1. The molecule has 2 heteroatoms. The molecule has 0 radical (unpaired) electrons. The first kappa shape index (κ1) is 13.0. The molecule has 0 heterocycles. The van der Waals surface area contributed by atoms with Crippen molar-refractivity contribution in [3.63, 3.8) is 0 Å². The lowest BCUT2D eigenvalue weighted by molar-refractivity contribution is -0.155. The fourth-order valence-corrected chi connectivity index (χ4v) is 2.06. The van der Waals surface area contributed by atoms with Crippen LogP contribution < -0.4 is 0 Å². The van der Waals surface area contributed by atoms with Crippen molar-refractivity contribution >= 4 is 5.97 Å². The molecular formula is C14H22O2. The minimum atomic E-state index is -0.433. The van der Waals surface area contributed by atoms with Gasteiger partial charge in [0.05, 0.1) is 0 Å². The van der Waals surface area contributed by atoms with Crippen molar-refractivity contribution < 1.29 is 9.53 Å². The van der Waals surface area contributed by atoms with E-state index < -0.39 is 5.60 Å². The molecule has 1 unspecified atom stereocenters. The van der Waals surface area contributed by atoms with Crippen LogP contribution in [0.2, 0.25) is 0 Å². The summed E-state index contributed by atoms with van der Waals surface area (Å²) in [5.41, 5.74) is 1.43. The van der Waals surface area contributed by atoms with Gasteiger partial charge < -0.3 is 4.74 Å². The Morgan fingerprint density at radius 1 is 1.56 bits per heavy atom. The van der Waals surface area contributed by atoms with Crippen LogP contribution in [-0.2, 0) is 9.53 Å². The fourth-order valence-electron chi connectivity index (χ4n) is 2.06. The van der Waals surface area contributed by atoms with Gasteiger partial charge in [0, 0.05) is 11.5 Å². The summed E-state index contributed by atoms with van der Waals surface area (Å²) in [6.45, 7) is 11.4. The number of hydrogen-bond donors (Lipinski definition) is 0. The van der Waals surface area contributed by atoms with Crippen LogP contribution in [-0.4, -0.2) is 11.6 Å². The Kier molecular flexibility index (Phi) is 3.95. The third-order valence-electron chi connectivity index (χ3n) is 3.17. The molecule has 0 aromatic carbocycles. The zero-order valence-corrected chi connectivity index (χ0v) is 10.8. The molecule has 0 saturated heterocycles. The molecule has 0 aromatic heterocycles. The lowest BCUT2D eigenvalue weighted by Gasteiger charge is -2.34. The van der Waals surface area contributed by atoms with Crippen LogP contribution in [0.25, 0.3) is 0 Å². The van der Waals surface area contributed by atoms with E-state index >= 15 is 0 Å². The minimum absolute atomic E-state index is 0.290. The fraction of sp³-hybridized carbons (Fsp3) is 0.643. The highest BCUT2D eigenvalue weighted by Crippen LogP contribution is 2.33. The second-order valence-corrected chi connectivity index (χ2v) is 5.29. The van der Waals surface area contributed by atoms with E-state index in [4.69, 9.17) is 4.74 Å². The Morgan fingerprint density at radius 3 is 2.69 bits per heavy atom. The van der Waals surface area contributed by atoms with E-state index in [0.29, 0.717) is 11.5 Å². The third-order valence-corrected chi connectivity index (χ3v) is 3.17. The molecule has 90 valence electrons. The average molecular weight is 222 g/mol. The van der Waals surface area contributed by atoms with Gasteiger partial charge in [-0.2, -0.15) is 0 Å². The van der Waals surface area contributed by atoms with Crippen molar-refractivity contribution in [2.24, 2.45) is 5.92 Å². The van der Waals surface area contributed by atoms with Gasteiger partial charge in [-0.05, 0) is 47.0 Å². The highest BCUT2D eigenvalue weighted by molar-refractivity contribution is 5.87. The first-order valence-electron chi connectivity index (χ1n) is 5.89. The zero-order chi connectivity index (χ0) is 12.3. The van der Waals surface area contributed by atoms with Crippen LogP contribution in [0.5, 0.6) is 0 Å². The van der Waals surface area contributed by atoms with Crippen molar-refractivity contribution in [1.29, 1.82) is 0 Å². The maximum absolute atomic E-state index is 11.5. The molecule has 0 aromatic rings. The first-order valence-corrected chi connectivity index (χ1v) is 5.89. The molecule has 1 atom stereocenters. The standard InChI is InChI=1S/C14H22O2/c1-10(2)13(15)16-14(4,5)12-8-6-7-11(3)9-12/h9,12H,1,6-8H2,2-5H3. The highest BCUT2D eigenvalue weighted by atomic mass is 16.6. The van der Waals surface area contributed by atoms with Gasteiger partial charge in [0.15, 0.2) is 0 Å². The topological polar surface area (TPSA) is 26.3 Å². The van der Waals surface area contributed by atoms with Gasteiger partial charge in [-0.3, -0.25) is 0 Å². The molecule has 1 aliphatic rings. The number of ether oxygens (including phenoxy) is 1. The van der Waals surface area contributed by atoms with Crippen LogP contribution in [0.1, 0.15) is 47.0 Å². The van der Waals surface area contributed by atoms with Gasteiger partial charge in [-0.25, -0.2) is 4.79 Å². The van der Waals surface area contributed by atoms with Crippen molar-refractivity contribution in [3.05, 3.63) is 23.8 Å². The summed E-state index contributed by atoms with van der Waals surface area (Å²) in [5.74, 6) is 0.0335. The maximum Gasteiger partial charge on any atom is 0.333 e. The van der Waals surface area contributed by atoms with E-state index in [1.807, 2.05) is 13.8 Å². The van der Waals surface area contributed by atoms with Crippen molar-refractivity contribution in [2.45, 2.75) is 52.6 Å². The van der Waals surface area contributed by atoms with Crippen molar-refractivity contribution in [3.8, 4) is 0 Å². The first-order chi connectivity index (χ1) is 7.33. The van der Waals surface area contributed by atoms with Gasteiger partial charge in [-0.15, -0.1) is 0 Å². The van der Waals surface area contributed by atoms with E-state index in [0.717, 1.165) is 6.42 Å². The van der Waals surface area contributed by atoms with E-state index in [1.54, 1.807) is 6.92 Å². The number of esters is 1. The Morgan fingerprint density at radius 2 is 2.19 bits per heavy atom. The summed E-state index contributed by atoms with van der Waals surface area (Å²) in [4.78, 5) is 11.5. The molecular weight excluding hydrogens is 200 g/mol. The van der Waals surface area contributed by atoms with Crippen LogP contribution >= 0.6 is 0 Å². The number of hydrogen-bond acceptors (Lipinski definition) is 2. The predicted molar refractivity (Wildman–Crippen MR) is 66.1 cm³/mol. The summed E-state index contributed by atoms with van der Waals surface area (Å²) in [5, 5.41) is 0. The van der Waals surface area contributed by atoms with Crippen LogP contribution in [0.15, 0.2) is 23.8 Å². The SMILES string of the molecule is C=C(C)C(=O)OC(C)(C)C1C=C(C)CCC1. The summed E-state index contributed by atoms with van der Waals surface area (Å²) in [6, 6.07) is 0. The van der Waals surface area contributed by atoms with Crippen molar-refractivity contribution in [2.75, 3.05) is 0 Å². The second-order valence-electron chi connectivity index (χ2n) is 5.29. The molecule has 0 saturated carbocycles. The normalized spacial score (nSPS) is 21.2. The molecule has 1 aliphatic carbocycles. The van der Waals surface area contributed by atoms with Crippen LogP contribution in [0, 0.1) is 5.92 Å². The lowest BCUT2D eigenvalue weighted by Crippen LogP contribution is -2.37. The van der Waals surface area contributed by atoms with E-state index in [-0.39, 0.29) is 5.97 Å². The Bertz CT molecular complexity index is 324. The largest absolute Gasteiger partial charge is 0.456 e. The summed E-state index contributed by atoms with van der Waals surface area (Å²) in [7, 11) is 0. The predicted octanol–water partition coefficient (Wildman–Crippen LogP) is 3.63. The third kappa shape index (κ3) is 3.22. The monoisotopic (exact) mass is 222 g/mol. The number of carbonyl (C=O) groups excluding carboxylic acids is 1. The Labute approximate surface area is 98.4 Å². The summed E-state index contributed by atoms with van der Waals surface area (Å²) in [6.07, 6.45) is 5.69.